The van der Waals surface area contributed by atoms with Crippen LogP contribution in [0.3, 0.4) is 0 Å². The Bertz CT molecular complexity index is 1440. The molecule has 0 saturated carbocycles. The molecule has 3 aliphatic carbocycles. The number of rotatable bonds is 1. The lowest BCUT2D eigenvalue weighted by Gasteiger charge is -2.45. The van der Waals surface area contributed by atoms with E-state index in [4.69, 9.17) is 5.73 Å². The third-order valence-electron chi connectivity index (χ3n) is 7.05. The second-order valence-corrected chi connectivity index (χ2v) is 9.02. The number of allylic oxidation sites excluding steroid dienone is 2. The fraction of sp³-hybridized carbons (Fsp3) is 0.222. The van der Waals surface area contributed by atoms with Gasteiger partial charge in [0.25, 0.3) is 5.91 Å². The number of hydrogen-bond acceptors (Lipinski definition) is 7. The quantitative estimate of drug-likeness (QED) is 0.314. The average molecular weight is 471 g/mol. The van der Waals surface area contributed by atoms with Crippen LogP contribution in [0.15, 0.2) is 65.1 Å². The van der Waals surface area contributed by atoms with Crippen molar-refractivity contribution in [1.82, 2.24) is 0 Å². The Morgan fingerprint density at radius 3 is 2.40 bits per heavy atom. The Kier molecular flexibility index (Phi) is 5.04. The highest BCUT2D eigenvalue weighted by Crippen LogP contribution is 2.51. The van der Waals surface area contributed by atoms with Crippen molar-refractivity contribution in [3.63, 3.8) is 0 Å². The predicted molar refractivity (Wildman–Crippen MR) is 123 cm³/mol. The molecule has 1 amide bonds. The number of fused-ring (bicyclic) bond motifs is 3. The van der Waals surface area contributed by atoms with Gasteiger partial charge in [-0.3, -0.25) is 14.4 Å². The van der Waals surface area contributed by atoms with Gasteiger partial charge in [0.05, 0.1) is 11.1 Å². The Labute approximate surface area is 200 Å². The molecule has 6 N–H and O–H groups in total. The largest absolute Gasteiger partial charge is 0.511 e. The van der Waals surface area contributed by atoms with Crippen LogP contribution in [0.25, 0.3) is 0 Å². The zero-order valence-electron chi connectivity index (χ0n) is 18.4. The summed E-state index contributed by atoms with van der Waals surface area (Å²) < 4.78 is 0. The molecular formula is C27H21NO7. The molecule has 0 saturated heterocycles. The van der Waals surface area contributed by atoms with Crippen molar-refractivity contribution < 1.29 is 34.8 Å². The maximum Gasteiger partial charge on any atom is 0.255 e. The molecule has 3 aliphatic rings. The number of benzene rings is 2. The van der Waals surface area contributed by atoms with Gasteiger partial charge in [-0.25, -0.2) is 0 Å². The van der Waals surface area contributed by atoms with Gasteiger partial charge in [0.1, 0.15) is 22.8 Å². The summed E-state index contributed by atoms with van der Waals surface area (Å²) in [6, 6.07) is 12.4. The topological polar surface area (TPSA) is 158 Å². The Morgan fingerprint density at radius 2 is 1.71 bits per heavy atom. The van der Waals surface area contributed by atoms with Crippen LogP contribution in [0, 0.1) is 23.7 Å². The van der Waals surface area contributed by atoms with E-state index in [1.807, 2.05) is 18.2 Å². The van der Waals surface area contributed by atoms with Gasteiger partial charge in [-0.05, 0) is 42.5 Å². The summed E-state index contributed by atoms with van der Waals surface area (Å²) in [6.45, 7) is 0. The lowest BCUT2D eigenvalue weighted by Crippen LogP contribution is -2.57. The number of primary amides is 1. The molecule has 176 valence electrons. The summed E-state index contributed by atoms with van der Waals surface area (Å²) >= 11 is 0. The number of ketones is 2. The Hall–Kier alpha value is -4.35. The van der Waals surface area contributed by atoms with Gasteiger partial charge in [0.2, 0.25) is 5.78 Å². The molecule has 0 spiro atoms. The Morgan fingerprint density at radius 1 is 1.00 bits per heavy atom. The molecule has 0 bridgehead atoms. The fourth-order valence-corrected chi connectivity index (χ4v) is 5.36. The molecule has 8 nitrogen and oxygen atoms in total. The van der Waals surface area contributed by atoms with Crippen molar-refractivity contribution in [2.75, 3.05) is 0 Å². The van der Waals surface area contributed by atoms with E-state index in [-0.39, 0.29) is 41.7 Å². The smallest absolute Gasteiger partial charge is 0.255 e. The van der Waals surface area contributed by atoms with E-state index >= 15 is 0 Å². The van der Waals surface area contributed by atoms with Crippen molar-refractivity contribution in [3.05, 3.63) is 87.4 Å². The third-order valence-corrected chi connectivity index (χ3v) is 7.05. The highest BCUT2D eigenvalue weighted by molar-refractivity contribution is 6.24. The van der Waals surface area contributed by atoms with Crippen LogP contribution in [0.1, 0.15) is 39.9 Å². The molecule has 0 heterocycles. The van der Waals surface area contributed by atoms with Crippen LogP contribution in [0.2, 0.25) is 0 Å². The number of nitrogens with two attached hydrogens (primary N) is 1. The van der Waals surface area contributed by atoms with Gasteiger partial charge in [-0.2, -0.15) is 0 Å². The molecule has 0 radical (unpaired) electrons. The van der Waals surface area contributed by atoms with Crippen molar-refractivity contribution >= 4 is 17.5 Å². The number of hydrogen-bond donors (Lipinski definition) is 5. The van der Waals surface area contributed by atoms with Gasteiger partial charge in [-0.15, -0.1) is 0 Å². The molecule has 0 aromatic heterocycles. The van der Waals surface area contributed by atoms with Gasteiger partial charge >= 0.3 is 0 Å². The monoisotopic (exact) mass is 471 g/mol. The van der Waals surface area contributed by atoms with E-state index in [0.29, 0.717) is 11.1 Å². The van der Waals surface area contributed by atoms with Crippen LogP contribution in [-0.4, -0.2) is 43.5 Å². The summed E-state index contributed by atoms with van der Waals surface area (Å²) in [7, 11) is 0. The first-order valence-corrected chi connectivity index (χ1v) is 11.0. The highest BCUT2D eigenvalue weighted by atomic mass is 16.3. The SMILES string of the molecule is NC(=O)C1=C(O)C[C@@H]2C[C@@H]3Cc4ccc(C#Cc5ccccc5)c(O)c4C(=O)C3=C(O)[C@]2(O)C1=O. The Balaban J connectivity index is 1.60. The molecule has 0 aliphatic heterocycles. The van der Waals surface area contributed by atoms with Gasteiger partial charge in [-0.1, -0.05) is 36.1 Å². The molecule has 0 unspecified atom stereocenters. The first-order valence-electron chi connectivity index (χ1n) is 11.0. The predicted octanol–water partition coefficient (Wildman–Crippen LogP) is 1.98. The maximum atomic E-state index is 13.5. The van der Waals surface area contributed by atoms with E-state index in [0.717, 1.165) is 0 Å². The van der Waals surface area contributed by atoms with E-state index in [1.54, 1.807) is 24.3 Å². The first-order chi connectivity index (χ1) is 16.6. The van der Waals surface area contributed by atoms with E-state index in [2.05, 4.69) is 11.8 Å². The molecule has 3 atom stereocenters. The maximum absolute atomic E-state index is 13.5. The fourth-order valence-electron chi connectivity index (χ4n) is 5.36. The molecule has 8 heteroatoms. The first kappa shape index (κ1) is 22.4. The zero-order valence-corrected chi connectivity index (χ0v) is 18.4. The number of aliphatic hydroxyl groups excluding tert-OH is 2. The minimum atomic E-state index is -2.57. The minimum absolute atomic E-state index is 0.0542. The number of Topliss-reactive ketones (excluding diaryl/α,β-unsaturated/α-hetero) is 2. The van der Waals surface area contributed by atoms with Crippen molar-refractivity contribution in [1.29, 1.82) is 0 Å². The zero-order chi connectivity index (χ0) is 25.1. The summed E-state index contributed by atoms with van der Waals surface area (Å²) in [5.74, 6) is -0.724. The van der Waals surface area contributed by atoms with Crippen LogP contribution >= 0.6 is 0 Å². The molecule has 2 aromatic carbocycles. The van der Waals surface area contributed by atoms with Gasteiger partial charge in [0.15, 0.2) is 11.4 Å². The number of carbonyl (C=O) groups excluding carboxylic acids is 3. The highest BCUT2D eigenvalue weighted by Gasteiger charge is 2.59. The van der Waals surface area contributed by atoms with Crippen LogP contribution < -0.4 is 5.73 Å². The van der Waals surface area contributed by atoms with Crippen molar-refractivity contribution in [2.24, 2.45) is 17.6 Å². The van der Waals surface area contributed by atoms with Crippen molar-refractivity contribution in [3.8, 4) is 17.6 Å². The number of phenolic OH excluding ortho intramolecular Hbond substituents is 1. The second-order valence-electron chi connectivity index (χ2n) is 9.02. The third kappa shape index (κ3) is 3.24. The molecule has 5 rings (SSSR count). The second kappa shape index (κ2) is 7.86. The molecule has 2 aromatic rings. The van der Waals surface area contributed by atoms with Crippen LogP contribution in [0.5, 0.6) is 5.75 Å². The lowest BCUT2D eigenvalue weighted by molar-refractivity contribution is -0.144. The van der Waals surface area contributed by atoms with Gasteiger partial charge < -0.3 is 26.2 Å². The number of phenols is 1. The minimum Gasteiger partial charge on any atom is -0.511 e. The van der Waals surface area contributed by atoms with E-state index in [9.17, 15) is 34.8 Å². The summed E-state index contributed by atoms with van der Waals surface area (Å²) in [4.78, 5) is 38.2. The molecular weight excluding hydrogens is 450 g/mol. The molecule has 35 heavy (non-hydrogen) atoms. The number of carbonyl (C=O) groups is 3. The molecule has 0 fully saturated rings. The van der Waals surface area contributed by atoms with Crippen LogP contribution in [-0.2, 0) is 16.0 Å². The van der Waals surface area contributed by atoms with Gasteiger partial charge in [0, 0.05) is 23.5 Å². The lowest BCUT2D eigenvalue weighted by atomic mass is 9.60. The normalized spacial score (nSPS) is 25.3. The summed E-state index contributed by atoms with van der Waals surface area (Å²) in [6.07, 6.45) is 0.0995. The van der Waals surface area contributed by atoms with Crippen molar-refractivity contribution in [2.45, 2.75) is 24.9 Å². The van der Waals surface area contributed by atoms with E-state index < -0.39 is 52.0 Å². The summed E-state index contributed by atoms with van der Waals surface area (Å²) in [5.41, 5.74) is 3.06. The van der Waals surface area contributed by atoms with Crippen LogP contribution in [0.4, 0.5) is 0 Å². The standard InChI is InChI=1S/C27H21NO7/c28-26(34)21-18(29)12-17-11-16-10-15-9-8-14(7-6-13-4-2-1-3-5-13)22(30)19(15)23(31)20(16)24(32)27(17,35)25(21)33/h1-5,8-9,16-17,29-30,32,35H,10-12H2,(H2,28,34)/t16-,17-,27-/m0/s1. The summed E-state index contributed by atoms with van der Waals surface area (Å²) in [5, 5.41) is 43.4. The number of aromatic hydroxyl groups is 1. The number of amides is 1. The van der Waals surface area contributed by atoms with E-state index in [1.165, 1.54) is 0 Å². The number of aliphatic hydroxyl groups is 3. The average Bonchev–Trinajstić information content (AvgIpc) is 2.81.